The van der Waals surface area contributed by atoms with Crippen molar-refractivity contribution in [3.8, 4) is 0 Å². The molecule has 0 radical (unpaired) electrons. The molecule has 1 aromatic heterocycles. The van der Waals surface area contributed by atoms with E-state index in [1.165, 1.54) is 30.5 Å². The average Bonchev–Trinajstić information content (AvgIpc) is 2.40. The zero-order valence-electron chi connectivity index (χ0n) is 11.7. The van der Waals surface area contributed by atoms with Gasteiger partial charge < -0.3 is 5.73 Å². The van der Waals surface area contributed by atoms with Gasteiger partial charge in [0.15, 0.2) is 0 Å². The highest BCUT2D eigenvalue weighted by Gasteiger charge is 2.27. The largest absolute Gasteiger partial charge is 0.330 e. The maximum atomic E-state index is 5.92. The van der Waals surface area contributed by atoms with Crippen LogP contribution in [0.1, 0.15) is 44.4 Å². The minimum Gasteiger partial charge on any atom is -0.330 e. The van der Waals surface area contributed by atoms with Gasteiger partial charge in [0.05, 0.1) is 0 Å². The van der Waals surface area contributed by atoms with Gasteiger partial charge in [-0.3, -0.25) is 4.98 Å². The SMILES string of the molecule is CCc1ccc(CC2CC(C)CCC2CN)nc1. The van der Waals surface area contributed by atoms with E-state index >= 15 is 0 Å². The predicted octanol–water partition coefficient (Wildman–Crippen LogP) is 3.20. The van der Waals surface area contributed by atoms with E-state index < -0.39 is 0 Å². The monoisotopic (exact) mass is 246 g/mol. The Balaban J connectivity index is 2.01. The van der Waals surface area contributed by atoms with Crippen molar-refractivity contribution in [2.75, 3.05) is 6.54 Å². The number of hydrogen-bond donors (Lipinski definition) is 1. The first-order chi connectivity index (χ1) is 8.72. The number of aromatic nitrogens is 1. The minimum absolute atomic E-state index is 0.703. The van der Waals surface area contributed by atoms with E-state index in [1.54, 1.807) is 0 Å². The van der Waals surface area contributed by atoms with Gasteiger partial charge in [-0.2, -0.15) is 0 Å². The molecule has 1 heterocycles. The standard InChI is InChI=1S/C16H26N2/c1-3-13-5-7-16(18-11-13)9-15-8-12(2)4-6-14(15)10-17/h5,7,11-12,14-15H,3-4,6,8-10,17H2,1-2H3. The first kappa shape index (κ1) is 13.5. The molecule has 0 spiro atoms. The van der Waals surface area contributed by atoms with Crippen LogP contribution >= 0.6 is 0 Å². The van der Waals surface area contributed by atoms with Crippen LogP contribution in [0.5, 0.6) is 0 Å². The predicted molar refractivity (Wildman–Crippen MR) is 76.4 cm³/mol. The van der Waals surface area contributed by atoms with Crippen molar-refractivity contribution in [1.29, 1.82) is 0 Å². The molecule has 2 nitrogen and oxygen atoms in total. The molecule has 1 fully saturated rings. The van der Waals surface area contributed by atoms with Crippen LogP contribution in [0.15, 0.2) is 18.3 Å². The maximum Gasteiger partial charge on any atom is 0.0406 e. The summed E-state index contributed by atoms with van der Waals surface area (Å²) in [4.78, 5) is 4.60. The fourth-order valence-electron chi connectivity index (χ4n) is 3.18. The summed E-state index contributed by atoms with van der Waals surface area (Å²) in [5.74, 6) is 2.29. The molecule has 100 valence electrons. The lowest BCUT2D eigenvalue weighted by atomic mass is 9.73. The summed E-state index contributed by atoms with van der Waals surface area (Å²) in [5.41, 5.74) is 8.48. The van der Waals surface area contributed by atoms with Crippen molar-refractivity contribution in [3.63, 3.8) is 0 Å². The second kappa shape index (κ2) is 6.33. The highest BCUT2D eigenvalue weighted by Crippen LogP contribution is 2.34. The second-order valence-electron chi connectivity index (χ2n) is 5.89. The summed E-state index contributed by atoms with van der Waals surface area (Å²) in [6.07, 6.45) is 8.17. The van der Waals surface area contributed by atoms with Gasteiger partial charge in [0.2, 0.25) is 0 Å². The molecule has 0 bridgehead atoms. The van der Waals surface area contributed by atoms with Crippen LogP contribution in [0.2, 0.25) is 0 Å². The number of nitrogens with zero attached hydrogens (tertiary/aromatic N) is 1. The number of hydrogen-bond acceptors (Lipinski definition) is 2. The van der Waals surface area contributed by atoms with E-state index in [0.717, 1.165) is 31.2 Å². The van der Waals surface area contributed by atoms with Gasteiger partial charge in [0.25, 0.3) is 0 Å². The summed E-state index contributed by atoms with van der Waals surface area (Å²) >= 11 is 0. The van der Waals surface area contributed by atoms with Gasteiger partial charge >= 0.3 is 0 Å². The van der Waals surface area contributed by atoms with Gasteiger partial charge in [-0.05, 0) is 61.6 Å². The molecule has 1 aromatic rings. The molecule has 18 heavy (non-hydrogen) atoms. The van der Waals surface area contributed by atoms with Crippen molar-refractivity contribution >= 4 is 0 Å². The van der Waals surface area contributed by atoms with Gasteiger partial charge in [0.1, 0.15) is 0 Å². The van der Waals surface area contributed by atoms with Crippen LogP contribution in [0, 0.1) is 17.8 Å². The number of nitrogens with two attached hydrogens (primary N) is 1. The van der Waals surface area contributed by atoms with Crippen molar-refractivity contribution in [3.05, 3.63) is 29.6 Å². The third-order valence-corrected chi connectivity index (χ3v) is 4.47. The Morgan fingerprint density at radius 2 is 2.11 bits per heavy atom. The Morgan fingerprint density at radius 3 is 2.72 bits per heavy atom. The Hall–Kier alpha value is -0.890. The van der Waals surface area contributed by atoms with Crippen LogP contribution in [0.3, 0.4) is 0 Å². The molecule has 2 N–H and O–H groups in total. The maximum absolute atomic E-state index is 5.92. The lowest BCUT2D eigenvalue weighted by molar-refractivity contribution is 0.192. The first-order valence-corrected chi connectivity index (χ1v) is 7.36. The van der Waals surface area contributed by atoms with Gasteiger partial charge in [-0.15, -0.1) is 0 Å². The molecule has 0 aliphatic heterocycles. The molecule has 2 heteroatoms. The first-order valence-electron chi connectivity index (χ1n) is 7.36. The van der Waals surface area contributed by atoms with Crippen LogP contribution < -0.4 is 5.73 Å². The van der Waals surface area contributed by atoms with Crippen molar-refractivity contribution in [2.45, 2.75) is 46.0 Å². The molecule has 0 saturated heterocycles. The van der Waals surface area contributed by atoms with Crippen LogP contribution in [0.4, 0.5) is 0 Å². The zero-order valence-corrected chi connectivity index (χ0v) is 11.7. The third-order valence-electron chi connectivity index (χ3n) is 4.47. The second-order valence-corrected chi connectivity index (χ2v) is 5.89. The molecule has 3 unspecified atom stereocenters. The highest BCUT2D eigenvalue weighted by atomic mass is 14.7. The highest BCUT2D eigenvalue weighted by molar-refractivity contribution is 5.14. The molecule has 1 saturated carbocycles. The van der Waals surface area contributed by atoms with E-state index in [4.69, 9.17) is 5.73 Å². The van der Waals surface area contributed by atoms with Gasteiger partial charge in [0, 0.05) is 11.9 Å². The van der Waals surface area contributed by atoms with E-state index in [0.29, 0.717) is 5.92 Å². The Kier molecular flexibility index (Phi) is 4.76. The molecule has 0 aromatic carbocycles. The third kappa shape index (κ3) is 3.32. The van der Waals surface area contributed by atoms with E-state index in [-0.39, 0.29) is 0 Å². The van der Waals surface area contributed by atoms with Crippen molar-refractivity contribution in [2.24, 2.45) is 23.5 Å². The Bertz CT molecular complexity index is 358. The molecular formula is C16H26N2. The molecule has 2 rings (SSSR count). The Morgan fingerprint density at radius 1 is 1.28 bits per heavy atom. The molecule has 1 aliphatic rings. The summed E-state index contributed by atoms with van der Waals surface area (Å²) in [6, 6.07) is 4.41. The average molecular weight is 246 g/mol. The summed E-state index contributed by atoms with van der Waals surface area (Å²) in [6.45, 7) is 5.38. The van der Waals surface area contributed by atoms with Crippen LogP contribution in [-0.2, 0) is 12.8 Å². The van der Waals surface area contributed by atoms with Crippen LogP contribution in [0.25, 0.3) is 0 Å². The topological polar surface area (TPSA) is 38.9 Å². The van der Waals surface area contributed by atoms with Crippen LogP contribution in [-0.4, -0.2) is 11.5 Å². The molecular weight excluding hydrogens is 220 g/mol. The number of rotatable bonds is 4. The normalized spacial score (nSPS) is 28.3. The van der Waals surface area contributed by atoms with Gasteiger partial charge in [-0.1, -0.05) is 26.3 Å². The smallest absolute Gasteiger partial charge is 0.0406 e. The fraction of sp³-hybridized carbons (Fsp3) is 0.688. The zero-order chi connectivity index (χ0) is 13.0. The quantitative estimate of drug-likeness (QED) is 0.886. The number of aryl methyl sites for hydroxylation is 1. The van der Waals surface area contributed by atoms with E-state index in [2.05, 4.69) is 31.0 Å². The van der Waals surface area contributed by atoms with E-state index in [9.17, 15) is 0 Å². The van der Waals surface area contributed by atoms with Crippen molar-refractivity contribution in [1.82, 2.24) is 4.98 Å². The van der Waals surface area contributed by atoms with Gasteiger partial charge in [-0.25, -0.2) is 0 Å². The molecule has 0 amide bonds. The lowest BCUT2D eigenvalue weighted by Crippen LogP contribution is -2.31. The summed E-state index contributed by atoms with van der Waals surface area (Å²) < 4.78 is 0. The Labute approximate surface area is 111 Å². The summed E-state index contributed by atoms with van der Waals surface area (Å²) in [7, 11) is 0. The lowest BCUT2D eigenvalue weighted by Gasteiger charge is -2.34. The number of pyridine rings is 1. The summed E-state index contributed by atoms with van der Waals surface area (Å²) in [5, 5.41) is 0. The molecule has 3 atom stereocenters. The van der Waals surface area contributed by atoms with Crippen molar-refractivity contribution < 1.29 is 0 Å². The van der Waals surface area contributed by atoms with E-state index in [1.807, 2.05) is 6.20 Å². The minimum atomic E-state index is 0.703. The molecule has 1 aliphatic carbocycles. The fourth-order valence-corrected chi connectivity index (χ4v) is 3.18.